The maximum atomic E-state index is 12.6. The van der Waals surface area contributed by atoms with E-state index >= 15 is 0 Å². The molecule has 0 bridgehead atoms. The van der Waals surface area contributed by atoms with E-state index in [1.165, 1.54) is 18.2 Å². The van der Waals surface area contributed by atoms with Gasteiger partial charge in [0, 0.05) is 13.1 Å². The monoisotopic (exact) mass is 261 g/mol. The van der Waals surface area contributed by atoms with Crippen molar-refractivity contribution in [2.75, 3.05) is 6.54 Å². The first kappa shape index (κ1) is 14.5. The second-order valence-electron chi connectivity index (χ2n) is 3.79. The number of nitrogens with two attached hydrogens (primary N) is 2. The van der Waals surface area contributed by atoms with Gasteiger partial charge in [-0.15, -0.1) is 0 Å². The molecule has 1 rings (SSSR count). The van der Waals surface area contributed by atoms with Crippen LogP contribution in [-0.2, 0) is 17.5 Å². The van der Waals surface area contributed by atoms with E-state index in [2.05, 4.69) is 5.32 Å². The zero-order chi connectivity index (χ0) is 13.8. The second-order valence-corrected chi connectivity index (χ2v) is 3.79. The zero-order valence-electron chi connectivity index (χ0n) is 9.50. The van der Waals surface area contributed by atoms with E-state index in [9.17, 15) is 18.0 Å². The Bertz CT molecular complexity index is 420. The number of amides is 1. The molecular weight excluding hydrogens is 247 g/mol. The Kier molecular flexibility index (Phi) is 4.69. The summed E-state index contributed by atoms with van der Waals surface area (Å²) in [7, 11) is 0. The molecule has 18 heavy (non-hydrogen) atoms. The predicted molar refractivity (Wildman–Crippen MR) is 60.3 cm³/mol. The largest absolute Gasteiger partial charge is 0.416 e. The van der Waals surface area contributed by atoms with Crippen LogP contribution in [0.15, 0.2) is 24.3 Å². The van der Waals surface area contributed by atoms with Gasteiger partial charge in [-0.05, 0) is 11.6 Å². The molecule has 1 aromatic carbocycles. The normalized spacial score (nSPS) is 13.3. The quantitative estimate of drug-likeness (QED) is 0.726. The zero-order valence-corrected chi connectivity index (χ0v) is 9.50. The van der Waals surface area contributed by atoms with Crippen molar-refractivity contribution in [2.24, 2.45) is 11.5 Å². The van der Waals surface area contributed by atoms with E-state index in [-0.39, 0.29) is 18.7 Å². The van der Waals surface area contributed by atoms with Gasteiger partial charge in [0.2, 0.25) is 5.91 Å². The van der Waals surface area contributed by atoms with E-state index < -0.39 is 23.7 Å². The minimum atomic E-state index is -4.40. The van der Waals surface area contributed by atoms with Crippen molar-refractivity contribution in [3.63, 3.8) is 0 Å². The molecule has 5 N–H and O–H groups in total. The lowest BCUT2D eigenvalue weighted by Crippen LogP contribution is -2.44. The highest BCUT2D eigenvalue weighted by Crippen LogP contribution is 2.31. The van der Waals surface area contributed by atoms with Gasteiger partial charge in [0.05, 0.1) is 11.6 Å². The van der Waals surface area contributed by atoms with Gasteiger partial charge in [-0.3, -0.25) is 4.79 Å². The van der Waals surface area contributed by atoms with Crippen LogP contribution < -0.4 is 16.8 Å². The molecule has 100 valence electrons. The van der Waals surface area contributed by atoms with Gasteiger partial charge >= 0.3 is 6.18 Å². The van der Waals surface area contributed by atoms with Gasteiger partial charge in [0.25, 0.3) is 0 Å². The third-order valence-corrected chi connectivity index (χ3v) is 2.37. The third-order valence-electron chi connectivity index (χ3n) is 2.37. The molecule has 0 fully saturated rings. The number of carbonyl (C=O) groups excluding carboxylic acids is 1. The average Bonchev–Trinajstić information content (AvgIpc) is 2.28. The van der Waals surface area contributed by atoms with Crippen LogP contribution in [0.2, 0.25) is 0 Å². The topological polar surface area (TPSA) is 81.1 Å². The number of hydrogen-bond acceptors (Lipinski definition) is 3. The number of primary amides is 1. The van der Waals surface area contributed by atoms with Crippen molar-refractivity contribution >= 4 is 5.91 Å². The van der Waals surface area contributed by atoms with Crippen molar-refractivity contribution in [3.8, 4) is 0 Å². The van der Waals surface area contributed by atoms with E-state index in [1.807, 2.05) is 0 Å². The minimum Gasteiger partial charge on any atom is -0.368 e. The highest BCUT2D eigenvalue weighted by molar-refractivity contribution is 5.79. The number of benzene rings is 1. The molecule has 1 unspecified atom stereocenters. The summed E-state index contributed by atoms with van der Waals surface area (Å²) in [5, 5.41) is 2.67. The van der Waals surface area contributed by atoms with Crippen LogP contribution in [0.3, 0.4) is 0 Å². The number of halogens is 3. The van der Waals surface area contributed by atoms with Crippen molar-refractivity contribution in [1.29, 1.82) is 0 Å². The van der Waals surface area contributed by atoms with Gasteiger partial charge in [-0.1, -0.05) is 18.2 Å². The first-order valence-corrected chi connectivity index (χ1v) is 5.23. The van der Waals surface area contributed by atoms with Crippen LogP contribution in [0.25, 0.3) is 0 Å². The Morgan fingerprint density at radius 2 is 1.94 bits per heavy atom. The molecule has 4 nitrogen and oxygen atoms in total. The molecule has 1 amide bonds. The molecule has 0 spiro atoms. The third kappa shape index (κ3) is 4.01. The Morgan fingerprint density at radius 1 is 1.33 bits per heavy atom. The summed E-state index contributed by atoms with van der Waals surface area (Å²) in [6, 6.07) is 4.29. The van der Waals surface area contributed by atoms with Crippen molar-refractivity contribution in [3.05, 3.63) is 35.4 Å². The fraction of sp³-hybridized carbons (Fsp3) is 0.364. The summed E-state index contributed by atoms with van der Waals surface area (Å²) >= 11 is 0. The molecule has 7 heteroatoms. The lowest BCUT2D eigenvalue weighted by molar-refractivity contribution is -0.138. The molecule has 0 aliphatic heterocycles. The second kappa shape index (κ2) is 5.83. The molecule has 0 heterocycles. The Hall–Kier alpha value is -1.60. The maximum absolute atomic E-state index is 12.6. The predicted octanol–water partition coefficient (Wildman–Crippen LogP) is 0.608. The van der Waals surface area contributed by atoms with Crippen LogP contribution in [0.4, 0.5) is 13.2 Å². The molecule has 1 aromatic rings. The summed E-state index contributed by atoms with van der Waals surface area (Å²) in [5.41, 5.74) is 9.67. The lowest BCUT2D eigenvalue weighted by Gasteiger charge is -2.14. The van der Waals surface area contributed by atoms with E-state index in [4.69, 9.17) is 11.5 Å². The summed E-state index contributed by atoms with van der Waals surface area (Å²) < 4.78 is 37.9. The van der Waals surface area contributed by atoms with Crippen molar-refractivity contribution in [2.45, 2.75) is 18.8 Å². The molecule has 1 atom stereocenters. The highest BCUT2D eigenvalue weighted by Gasteiger charge is 2.32. The van der Waals surface area contributed by atoms with Gasteiger partial charge in [-0.25, -0.2) is 0 Å². The van der Waals surface area contributed by atoms with Gasteiger partial charge in [-0.2, -0.15) is 13.2 Å². The smallest absolute Gasteiger partial charge is 0.368 e. The van der Waals surface area contributed by atoms with Gasteiger partial charge in [0.1, 0.15) is 0 Å². The van der Waals surface area contributed by atoms with E-state index in [1.54, 1.807) is 0 Å². The molecule has 0 saturated heterocycles. The molecule has 0 saturated carbocycles. The van der Waals surface area contributed by atoms with Crippen LogP contribution in [0.1, 0.15) is 11.1 Å². The fourth-order valence-electron chi connectivity index (χ4n) is 1.41. The van der Waals surface area contributed by atoms with Crippen LogP contribution in [-0.4, -0.2) is 18.5 Å². The van der Waals surface area contributed by atoms with Gasteiger partial charge in [0.15, 0.2) is 0 Å². The van der Waals surface area contributed by atoms with E-state index in [0.717, 1.165) is 6.07 Å². The summed E-state index contributed by atoms with van der Waals surface area (Å²) in [5.74, 6) is -0.702. The Balaban J connectivity index is 2.66. The molecule has 0 aromatic heterocycles. The average molecular weight is 261 g/mol. The Morgan fingerprint density at radius 3 is 2.50 bits per heavy atom. The van der Waals surface area contributed by atoms with E-state index in [0.29, 0.717) is 0 Å². The highest BCUT2D eigenvalue weighted by atomic mass is 19.4. The first-order valence-electron chi connectivity index (χ1n) is 5.23. The lowest BCUT2D eigenvalue weighted by atomic mass is 10.1. The number of rotatable bonds is 5. The maximum Gasteiger partial charge on any atom is 0.416 e. The molecule has 0 radical (unpaired) electrons. The standard InChI is InChI=1S/C11H14F3N3O/c12-11(13,14)8-4-2-1-3-7(8)5-17-6-9(15)10(16)18/h1-4,9,17H,5-6,15H2,(H2,16,18). The molecular formula is C11H14F3N3O. The van der Waals surface area contributed by atoms with Gasteiger partial charge < -0.3 is 16.8 Å². The van der Waals surface area contributed by atoms with Crippen molar-refractivity contribution in [1.82, 2.24) is 5.32 Å². The summed E-state index contributed by atoms with van der Waals surface area (Å²) in [6.45, 7) is -0.00180. The fourth-order valence-corrected chi connectivity index (χ4v) is 1.41. The number of carbonyl (C=O) groups is 1. The van der Waals surface area contributed by atoms with Crippen LogP contribution >= 0.6 is 0 Å². The number of nitrogens with one attached hydrogen (secondary N) is 1. The minimum absolute atomic E-state index is 0.0293. The first-order chi connectivity index (χ1) is 8.32. The Labute approximate surface area is 102 Å². The SMILES string of the molecule is NC(=O)C(N)CNCc1ccccc1C(F)(F)F. The van der Waals surface area contributed by atoms with Crippen molar-refractivity contribution < 1.29 is 18.0 Å². The summed E-state index contributed by atoms with van der Waals surface area (Å²) in [6.07, 6.45) is -4.40. The van der Waals surface area contributed by atoms with Crippen LogP contribution in [0.5, 0.6) is 0 Å². The number of alkyl halides is 3. The van der Waals surface area contributed by atoms with Crippen LogP contribution in [0, 0.1) is 0 Å². The summed E-state index contributed by atoms with van der Waals surface area (Å²) in [4.78, 5) is 10.6. The molecule has 0 aliphatic rings. The molecule has 0 aliphatic carbocycles. The number of hydrogen-bond donors (Lipinski definition) is 3.